The van der Waals surface area contributed by atoms with Gasteiger partial charge in [-0.25, -0.2) is 0 Å². The number of hydrogen-bond acceptors (Lipinski definition) is 7. The third-order valence-corrected chi connectivity index (χ3v) is 3.58. The Hall–Kier alpha value is -3.01. The number of hydrogen-bond donors (Lipinski definition) is 2. The molecule has 2 aromatic rings. The molecule has 0 spiro atoms. The Bertz CT molecular complexity index is 749. The summed E-state index contributed by atoms with van der Waals surface area (Å²) >= 11 is 1.18. The van der Waals surface area contributed by atoms with E-state index in [0.717, 1.165) is 0 Å². The van der Waals surface area contributed by atoms with Crippen LogP contribution < -0.4 is 10.6 Å². The number of nitrogens with one attached hydrogen (secondary N) is 2. The largest absolute Gasteiger partial charge is 0.325 e. The van der Waals surface area contributed by atoms with Gasteiger partial charge in [0.15, 0.2) is 5.82 Å². The maximum absolute atomic E-state index is 11.8. The number of thioether (sulfide) groups is 1. The zero-order valence-corrected chi connectivity index (χ0v) is 13.4. The Labute approximate surface area is 141 Å². The van der Waals surface area contributed by atoms with E-state index in [1.54, 1.807) is 12.1 Å². The van der Waals surface area contributed by atoms with Gasteiger partial charge in [0.2, 0.25) is 11.8 Å². The fourth-order valence-corrected chi connectivity index (χ4v) is 2.26. The third kappa shape index (κ3) is 5.32. The fraction of sp³-hybridized carbons (Fsp3) is 0.143. The van der Waals surface area contributed by atoms with Crippen LogP contribution in [0.3, 0.4) is 0 Å². The van der Waals surface area contributed by atoms with Crippen molar-refractivity contribution in [3.05, 3.63) is 46.5 Å². The van der Waals surface area contributed by atoms with Crippen molar-refractivity contribution in [2.75, 3.05) is 16.4 Å². The quantitative estimate of drug-likeness (QED) is 0.465. The number of non-ortho nitro benzene ring substituents is 1. The van der Waals surface area contributed by atoms with Crippen LogP contribution in [-0.4, -0.2) is 32.7 Å². The van der Waals surface area contributed by atoms with Crippen LogP contribution >= 0.6 is 11.8 Å². The van der Waals surface area contributed by atoms with Gasteiger partial charge < -0.3 is 10.6 Å². The molecule has 1 aromatic heterocycles. The van der Waals surface area contributed by atoms with Crippen molar-refractivity contribution in [1.29, 1.82) is 0 Å². The number of carbonyl (C=O) groups excluding carboxylic acids is 2. The van der Waals surface area contributed by atoms with Gasteiger partial charge in [-0.1, -0.05) is 11.8 Å². The van der Waals surface area contributed by atoms with Crippen molar-refractivity contribution in [2.24, 2.45) is 0 Å². The number of nitro groups is 1. The molecule has 0 aliphatic heterocycles. The van der Waals surface area contributed by atoms with Crippen molar-refractivity contribution < 1.29 is 14.5 Å². The maximum atomic E-state index is 11.8. The van der Waals surface area contributed by atoms with E-state index in [2.05, 4.69) is 20.8 Å². The SMILES string of the molecule is CC(=O)Nc1ccc(SCC(=O)Nc2ccc([N+](=O)[O-])cc2)nn1. The summed E-state index contributed by atoms with van der Waals surface area (Å²) in [5.41, 5.74) is 0.426. The van der Waals surface area contributed by atoms with E-state index < -0.39 is 4.92 Å². The van der Waals surface area contributed by atoms with Gasteiger partial charge >= 0.3 is 0 Å². The fourth-order valence-electron chi connectivity index (χ4n) is 1.65. The predicted octanol–water partition coefficient (Wildman–Crippen LogP) is 2.07. The van der Waals surface area contributed by atoms with Crippen LogP contribution in [0.5, 0.6) is 0 Å². The Morgan fingerprint density at radius 1 is 1.12 bits per heavy atom. The van der Waals surface area contributed by atoms with Crippen molar-refractivity contribution in [2.45, 2.75) is 11.9 Å². The van der Waals surface area contributed by atoms with Gasteiger partial charge in [0.05, 0.1) is 10.7 Å². The molecule has 2 rings (SSSR count). The zero-order valence-electron chi connectivity index (χ0n) is 12.6. The maximum Gasteiger partial charge on any atom is 0.269 e. The van der Waals surface area contributed by atoms with Crippen LogP contribution in [0, 0.1) is 10.1 Å². The molecular weight excluding hydrogens is 334 g/mol. The molecule has 10 heteroatoms. The van der Waals surface area contributed by atoms with Crippen LogP contribution in [0.4, 0.5) is 17.2 Å². The smallest absolute Gasteiger partial charge is 0.269 e. The number of amides is 2. The lowest BCUT2D eigenvalue weighted by molar-refractivity contribution is -0.384. The van der Waals surface area contributed by atoms with Gasteiger partial charge in [-0.05, 0) is 24.3 Å². The standard InChI is InChI=1S/C14H13N5O4S/c1-9(20)15-12-6-7-14(18-17-12)24-8-13(21)16-10-2-4-11(5-3-10)19(22)23/h2-7H,8H2,1H3,(H,16,21)(H,15,17,20). The van der Waals surface area contributed by atoms with Crippen LogP contribution in [0.1, 0.15) is 6.92 Å². The van der Waals surface area contributed by atoms with Gasteiger partial charge in [0.1, 0.15) is 5.03 Å². The summed E-state index contributed by atoms with van der Waals surface area (Å²) in [6, 6.07) is 8.78. The molecule has 1 heterocycles. The van der Waals surface area contributed by atoms with Gasteiger partial charge in [0.25, 0.3) is 5.69 Å². The van der Waals surface area contributed by atoms with Crippen molar-refractivity contribution in [3.63, 3.8) is 0 Å². The van der Waals surface area contributed by atoms with Crippen LogP contribution in [-0.2, 0) is 9.59 Å². The van der Waals surface area contributed by atoms with Gasteiger partial charge in [-0.2, -0.15) is 0 Å². The molecule has 0 aliphatic rings. The third-order valence-electron chi connectivity index (χ3n) is 2.66. The van der Waals surface area contributed by atoms with E-state index in [-0.39, 0.29) is 23.3 Å². The molecule has 2 amide bonds. The summed E-state index contributed by atoms with van der Waals surface area (Å²) in [6.45, 7) is 1.37. The second-order valence-corrected chi connectivity index (χ2v) is 5.57. The van der Waals surface area contributed by atoms with Crippen LogP contribution in [0.25, 0.3) is 0 Å². The molecule has 24 heavy (non-hydrogen) atoms. The zero-order chi connectivity index (χ0) is 17.5. The summed E-state index contributed by atoms with van der Waals surface area (Å²) in [5, 5.41) is 23.9. The summed E-state index contributed by atoms with van der Waals surface area (Å²) < 4.78 is 0. The number of carbonyl (C=O) groups is 2. The summed E-state index contributed by atoms with van der Waals surface area (Å²) in [4.78, 5) is 32.8. The van der Waals surface area contributed by atoms with Gasteiger partial charge in [0, 0.05) is 24.7 Å². The molecular formula is C14H13N5O4S. The first-order chi connectivity index (χ1) is 11.4. The monoisotopic (exact) mass is 347 g/mol. The molecule has 1 aromatic carbocycles. The topological polar surface area (TPSA) is 127 Å². The number of nitrogens with zero attached hydrogens (tertiary/aromatic N) is 3. The number of aromatic nitrogens is 2. The Morgan fingerprint density at radius 2 is 1.83 bits per heavy atom. The van der Waals surface area contributed by atoms with E-state index in [0.29, 0.717) is 16.5 Å². The predicted molar refractivity (Wildman–Crippen MR) is 88.8 cm³/mol. The second kappa shape index (κ2) is 8.02. The average molecular weight is 347 g/mol. The van der Waals surface area contributed by atoms with Gasteiger partial charge in [-0.3, -0.25) is 19.7 Å². The molecule has 9 nitrogen and oxygen atoms in total. The van der Waals surface area contributed by atoms with E-state index in [1.165, 1.54) is 43.0 Å². The highest BCUT2D eigenvalue weighted by atomic mass is 32.2. The van der Waals surface area contributed by atoms with Crippen molar-refractivity contribution in [3.8, 4) is 0 Å². The highest BCUT2D eigenvalue weighted by molar-refractivity contribution is 7.99. The summed E-state index contributed by atoms with van der Waals surface area (Å²) in [5.74, 6) is -0.0820. The van der Waals surface area contributed by atoms with Crippen LogP contribution in [0.2, 0.25) is 0 Å². The van der Waals surface area contributed by atoms with Crippen molar-refractivity contribution >= 4 is 40.8 Å². The van der Waals surface area contributed by atoms with E-state index in [9.17, 15) is 19.7 Å². The molecule has 0 atom stereocenters. The molecule has 0 aliphatic carbocycles. The minimum absolute atomic E-state index is 0.0445. The first kappa shape index (κ1) is 17.3. The molecule has 124 valence electrons. The first-order valence-corrected chi connectivity index (χ1v) is 7.71. The molecule has 0 saturated carbocycles. The Kier molecular flexibility index (Phi) is 5.79. The summed E-state index contributed by atoms with van der Waals surface area (Å²) in [7, 11) is 0. The molecule has 0 radical (unpaired) electrons. The van der Waals surface area contributed by atoms with Crippen LogP contribution in [0.15, 0.2) is 41.4 Å². The molecule has 0 unspecified atom stereocenters. The Balaban J connectivity index is 1.84. The molecule has 2 N–H and O–H groups in total. The molecule has 0 bridgehead atoms. The number of rotatable bonds is 6. The Morgan fingerprint density at radius 3 is 2.38 bits per heavy atom. The van der Waals surface area contributed by atoms with Crippen molar-refractivity contribution in [1.82, 2.24) is 10.2 Å². The summed E-state index contributed by atoms with van der Waals surface area (Å²) in [6.07, 6.45) is 0. The lowest BCUT2D eigenvalue weighted by Gasteiger charge is -2.05. The number of anilines is 2. The van der Waals surface area contributed by atoms with E-state index in [4.69, 9.17) is 0 Å². The average Bonchev–Trinajstić information content (AvgIpc) is 2.54. The number of benzene rings is 1. The molecule has 0 saturated heterocycles. The van der Waals surface area contributed by atoms with E-state index >= 15 is 0 Å². The number of nitro benzene ring substituents is 1. The highest BCUT2D eigenvalue weighted by Crippen LogP contribution is 2.18. The second-order valence-electron chi connectivity index (χ2n) is 4.58. The molecule has 0 fully saturated rings. The van der Waals surface area contributed by atoms with E-state index in [1.807, 2.05) is 0 Å². The first-order valence-electron chi connectivity index (χ1n) is 6.72. The lowest BCUT2D eigenvalue weighted by Crippen LogP contribution is -2.14. The lowest BCUT2D eigenvalue weighted by atomic mass is 10.3. The van der Waals surface area contributed by atoms with Gasteiger partial charge in [-0.15, -0.1) is 10.2 Å². The normalized spacial score (nSPS) is 10.0. The minimum Gasteiger partial charge on any atom is -0.325 e. The highest BCUT2D eigenvalue weighted by Gasteiger charge is 2.08. The minimum atomic E-state index is -0.509.